The minimum atomic E-state index is -3.98. The lowest BCUT2D eigenvalue weighted by molar-refractivity contribution is -0.143. The molecular formula is C32H33Cl2N3O6S. The van der Waals surface area contributed by atoms with Crippen LogP contribution in [0, 0.1) is 12.8 Å². The van der Waals surface area contributed by atoms with E-state index in [-0.39, 0.29) is 35.6 Å². The lowest BCUT2D eigenvalue weighted by Crippen LogP contribution is -2.63. The monoisotopic (exact) mass is 657 g/mol. The van der Waals surface area contributed by atoms with Gasteiger partial charge in [0.15, 0.2) is 0 Å². The van der Waals surface area contributed by atoms with Crippen molar-refractivity contribution < 1.29 is 27.9 Å². The van der Waals surface area contributed by atoms with Gasteiger partial charge in [0.2, 0.25) is 21.8 Å². The second-order valence-corrected chi connectivity index (χ2v) is 14.0. The van der Waals surface area contributed by atoms with Crippen molar-refractivity contribution in [1.29, 1.82) is 0 Å². The van der Waals surface area contributed by atoms with E-state index in [1.54, 1.807) is 66.7 Å². The fourth-order valence-electron chi connectivity index (χ4n) is 6.10. The van der Waals surface area contributed by atoms with Crippen molar-refractivity contribution in [3.63, 3.8) is 0 Å². The minimum Gasteiger partial charge on any atom is -0.480 e. The first-order chi connectivity index (χ1) is 20.9. The summed E-state index contributed by atoms with van der Waals surface area (Å²) in [5, 5.41) is 16.2. The number of rotatable bonds is 10. The van der Waals surface area contributed by atoms with E-state index < -0.39 is 34.0 Å². The third-order valence-corrected chi connectivity index (χ3v) is 11.0. The molecule has 1 aliphatic carbocycles. The van der Waals surface area contributed by atoms with E-state index in [0.29, 0.717) is 52.5 Å². The molecule has 3 aromatic rings. The zero-order valence-corrected chi connectivity index (χ0v) is 26.3. The van der Waals surface area contributed by atoms with Gasteiger partial charge in [0.1, 0.15) is 12.1 Å². The Morgan fingerprint density at radius 1 is 0.932 bits per heavy atom. The number of aliphatic carboxylic acids is 1. The lowest BCUT2D eigenvalue weighted by atomic mass is 9.76. The Kier molecular flexibility index (Phi) is 9.65. The first-order valence-corrected chi connectivity index (χ1v) is 16.6. The van der Waals surface area contributed by atoms with Crippen LogP contribution in [-0.4, -0.2) is 53.7 Å². The van der Waals surface area contributed by atoms with Gasteiger partial charge in [0.05, 0.1) is 11.3 Å². The molecule has 44 heavy (non-hydrogen) atoms. The van der Waals surface area contributed by atoms with Crippen molar-refractivity contribution in [1.82, 2.24) is 9.62 Å². The molecule has 0 unspecified atom stereocenters. The van der Waals surface area contributed by atoms with Crippen molar-refractivity contribution in [2.75, 3.05) is 5.32 Å². The van der Waals surface area contributed by atoms with E-state index in [0.717, 1.165) is 5.56 Å². The number of amides is 2. The average molecular weight is 659 g/mol. The molecule has 12 heteroatoms. The summed E-state index contributed by atoms with van der Waals surface area (Å²) in [6.45, 7) is 1.86. The third kappa shape index (κ3) is 6.94. The molecule has 2 bridgehead atoms. The number of hydrogen-bond donors (Lipinski definition) is 3. The van der Waals surface area contributed by atoms with Crippen molar-refractivity contribution in [3.8, 4) is 0 Å². The number of fused-ring (bicyclic) bond motifs is 3. The number of aryl methyl sites for hydroxylation is 1. The van der Waals surface area contributed by atoms with Crippen LogP contribution in [0.5, 0.6) is 0 Å². The van der Waals surface area contributed by atoms with Gasteiger partial charge in [0, 0.05) is 28.2 Å². The highest BCUT2D eigenvalue weighted by Crippen LogP contribution is 2.43. The van der Waals surface area contributed by atoms with Crippen molar-refractivity contribution in [2.45, 2.75) is 68.5 Å². The molecule has 2 atom stereocenters. The van der Waals surface area contributed by atoms with Crippen LogP contribution < -0.4 is 10.6 Å². The highest BCUT2D eigenvalue weighted by Gasteiger charge is 2.51. The molecule has 2 saturated heterocycles. The van der Waals surface area contributed by atoms with Gasteiger partial charge >= 0.3 is 5.97 Å². The predicted molar refractivity (Wildman–Crippen MR) is 168 cm³/mol. The van der Waals surface area contributed by atoms with Gasteiger partial charge in [-0.05, 0) is 86.1 Å². The summed E-state index contributed by atoms with van der Waals surface area (Å²) in [7, 11) is -3.98. The number of halogens is 2. The summed E-state index contributed by atoms with van der Waals surface area (Å²) in [5.74, 6) is -2.36. The maximum absolute atomic E-state index is 13.7. The number of carbonyl (C=O) groups is 3. The molecule has 2 heterocycles. The lowest BCUT2D eigenvalue weighted by Gasteiger charge is -2.49. The van der Waals surface area contributed by atoms with Crippen LogP contribution >= 0.6 is 23.2 Å². The Morgan fingerprint density at radius 3 is 2.14 bits per heavy atom. The SMILES string of the molecule is Cc1ccc(S(=O)(=O)N2C3CCC(CC3)[C@H]2C(=O)N[C@@H](Cc2ccc(NC(=O)Cc3c(Cl)cccc3Cl)cc2)C(=O)O)cc1. The Hall–Kier alpha value is -3.44. The predicted octanol–water partition coefficient (Wildman–Crippen LogP) is 5.23. The molecule has 3 aliphatic rings. The fourth-order valence-corrected chi connectivity index (χ4v) is 8.52. The molecule has 0 radical (unpaired) electrons. The maximum Gasteiger partial charge on any atom is 0.326 e. The molecule has 2 aliphatic heterocycles. The zero-order chi connectivity index (χ0) is 31.6. The molecule has 9 nitrogen and oxygen atoms in total. The summed E-state index contributed by atoms with van der Waals surface area (Å²) < 4.78 is 28.8. The van der Waals surface area contributed by atoms with Gasteiger partial charge in [-0.15, -0.1) is 0 Å². The maximum atomic E-state index is 13.7. The minimum absolute atomic E-state index is 0.0208. The number of benzene rings is 3. The molecular weight excluding hydrogens is 625 g/mol. The number of sulfonamides is 1. The van der Waals surface area contributed by atoms with E-state index in [4.69, 9.17) is 23.2 Å². The number of hydrogen-bond acceptors (Lipinski definition) is 5. The largest absolute Gasteiger partial charge is 0.480 e. The van der Waals surface area contributed by atoms with Gasteiger partial charge in [-0.3, -0.25) is 9.59 Å². The number of piperidine rings is 2. The number of carboxylic acid groups (broad SMARTS) is 1. The molecule has 1 saturated carbocycles. The summed E-state index contributed by atoms with van der Waals surface area (Å²) in [6.07, 6.45) is 2.68. The van der Waals surface area contributed by atoms with Gasteiger partial charge in [0.25, 0.3) is 0 Å². The molecule has 232 valence electrons. The molecule has 6 rings (SSSR count). The number of nitrogens with one attached hydrogen (secondary N) is 2. The van der Waals surface area contributed by atoms with E-state index >= 15 is 0 Å². The summed E-state index contributed by atoms with van der Waals surface area (Å²) in [5.41, 5.74) is 2.54. The van der Waals surface area contributed by atoms with Crippen LogP contribution in [0.4, 0.5) is 5.69 Å². The van der Waals surface area contributed by atoms with Gasteiger partial charge in [-0.2, -0.15) is 4.31 Å². The van der Waals surface area contributed by atoms with Crippen molar-refractivity contribution in [3.05, 3.63) is 93.5 Å². The number of carboxylic acids is 1. The molecule has 3 aromatic carbocycles. The third-order valence-electron chi connectivity index (χ3n) is 8.38. The van der Waals surface area contributed by atoms with Crippen LogP contribution in [0.25, 0.3) is 0 Å². The Labute approximate surface area is 266 Å². The van der Waals surface area contributed by atoms with Crippen LogP contribution in [0.3, 0.4) is 0 Å². The quantitative estimate of drug-likeness (QED) is 0.274. The first-order valence-electron chi connectivity index (χ1n) is 14.4. The second kappa shape index (κ2) is 13.3. The Morgan fingerprint density at radius 2 is 1.55 bits per heavy atom. The van der Waals surface area contributed by atoms with Crippen LogP contribution in [0.2, 0.25) is 10.0 Å². The normalized spacial score (nSPS) is 20.6. The van der Waals surface area contributed by atoms with Crippen LogP contribution in [0.15, 0.2) is 71.6 Å². The highest BCUT2D eigenvalue weighted by atomic mass is 35.5. The smallest absolute Gasteiger partial charge is 0.326 e. The summed E-state index contributed by atoms with van der Waals surface area (Å²) in [4.78, 5) is 38.6. The Bertz CT molecular complexity index is 1640. The van der Waals surface area contributed by atoms with Gasteiger partial charge < -0.3 is 15.7 Å². The molecule has 3 N–H and O–H groups in total. The second-order valence-electron chi connectivity index (χ2n) is 11.4. The van der Waals surface area contributed by atoms with Crippen LogP contribution in [-0.2, 0) is 37.2 Å². The zero-order valence-electron chi connectivity index (χ0n) is 24.0. The highest BCUT2D eigenvalue weighted by molar-refractivity contribution is 7.89. The Balaban J connectivity index is 1.27. The van der Waals surface area contributed by atoms with Gasteiger partial charge in [-0.25, -0.2) is 13.2 Å². The topological polar surface area (TPSA) is 133 Å². The van der Waals surface area contributed by atoms with Crippen LogP contribution in [0.1, 0.15) is 42.4 Å². The average Bonchev–Trinajstić information content (AvgIpc) is 3.00. The van der Waals surface area contributed by atoms with E-state index in [1.807, 2.05) is 6.92 Å². The van der Waals surface area contributed by atoms with Crippen molar-refractivity contribution >= 4 is 56.7 Å². The molecule has 2 amide bonds. The fraction of sp³-hybridized carbons (Fsp3) is 0.344. The van der Waals surface area contributed by atoms with E-state index in [2.05, 4.69) is 10.6 Å². The molecule has 0 spiro atoms. The van der Waals surface area contributed by atoms with E-state index in [9.17, 15) is 27.9 Å². The summed E-state index contributed by atoms with van der Waals surface area (Å²) in [6, 6.07) is 15.5. The number of nitrogens with zero attached hydrogens (tertiary/aromatic N) is 1. The molecule has 3 fully saturated rings. The van der Waals surface area contributed by atoms with Gasteiger partial charge in [-0.1, -0.05) is 59.1 Å². The number of anilines is 1. The first kappa shape index (κ1) is 32.0. The molecule has 0 aromatic heterocycles. The van der Waals surface area contributed by atoms with Crippen molar-refractivity contribution in [2.24, 2.45) is 5.92 Å². The van der Waals surface area contributed by atoms with E-state index in [1.165, 1.54) is 4.31 Å². The number of carbonyl (C=O) groups excluding carboxylic acids is 2. The summed E-state index contributed by atoms with van der Waals surface area (Å²) >= 11 is 12.3. The standard InChI is InChI=1S/C32H33Cl2N3O6S/c1-19-5-15-24(16-6-19)44(42,43)37-23-13-9-21(10-14-23)30(37)31(39)36-28(32(40)41)17-20-7-11-22(12-8-20)35-29(38)18-25-26(33)3-2-4-27(25)34/h2-8,11-12,15-16,21,23,28,30H,9-10,13-14,17-18H2,1H3,(H,35,38)(H,36,39)(H,40,41)/t21?,23?,28-,30-/m0/s1.